The summed E-state index contributed by atoms with van der Waals surface area (Å²) in [7, 11) is 1.65. The summed E-state index contributed by atoms with van der Waals surface area (Å²) in [6, 6.07) is 17.0. The van der Waals surface area contributed by atoms with Crippen LogP contribution in [0.15, 0.2) is 70.9 Å². The van der Waals surface area contributed by atoms with Gasteiger partial charge in [-0.05, 0) is 30.0 Å². The molecular weight excluding hydrogens is 378 g/mol. The highest BCUT2D eigenvalue weighted by molar-refractivity contribution is 8.18. The van der Waals surface area contributed by atoms with Crippen LogP contribution in [-0.2, 0) is 18.4 Å². The molecule has 2 heterocycles. The number of hydrogen-bond acceptors (Lipinski definition) is 6. The number of amides is 2. The van der Waals surface area contributed by atoms with Crippen molar-refractivity contribution in [2.45, 2.75) is 6.61 Å². The molecule has 0 unspecified atom stereocenters. The lowest BCUT2D eigenvalue weighted by Crippen LogP contribution is -2.22. The van der Waals surface area contributed by atoms with Gasteiger partial charge in [-0.3, -0.25) is 19.7 Å². The Kier molecular flexibility index (Phi) is 5.90. The lowest BCUT2D eigenvalue weighted by atomic mass is 10.1. The first-order chi connectivity index (χ1) is 13.5. The van der Waals surface area contributed by atoms with Crippen LogP contribution < -0.4 is 15.6 Å². The molecule has 1 fully saturated rings. The van der Waals surface area contributed by atoms with Crippen LogP contribution in [0.3, 0.4) is 0 Å². The van der Waals surface area contributed by atoms with Crippen molar-refractivity contribution < 1.29 is 14.3 Å². The van der Waals surface area contributed by atoms with Gasteiger partial charge in [0.2, 0.25) is 0 Å². The molecule has 0 radical (unpaired) electrons. The number of aryl methyl sites for hydroxylation is 1. The number of benzene rings is 2. The maximum atomic E-state index is 12.0. The van der Waals surface area contributed by atoms with Gasteiger partial charge in [-0.25, -0.2) is 4.68 Å². The summed E-state index contributed by atoms with van der Waals surface area (Å²) in [6.45, 7) is 3.65. The first kappa shape index (κ1) is 19.4. The number of nitrogens with one attached hydrogen (secondary N) is 1. The molecule has 0 bridgehead atoms. The zero-order chi connectivity index (χ0) is 20.1. The largest absolute Gasteiger partial charge is 0.487 e. The van der Waals surface area contributed by atoms with Crippen molar-refractivity contribution in [2.24, 2.45) is 7.05 Å². The third-order valence-electron chi connectivity index (χ3n) is 3.84. The van der Waals surface area contributed by atoms with E-state index in [1.165, 1.54) is 4.68 Å². The van der Waals surface area contributed by atoms with Crippen LogP contribution in [0.1, 0.15) is 5.69 Å². The van der Waals surface area contributed by atoms with Crippen molar-refractivity contribution in [1.82, 2.24) is 15.1 Å². The summed E-state index contributed by atoms with van der Waals surface area (Å²) in [6.07, 6.45) is 0. The molecule has 142 valence electrons. The Morgan fingerprint density at radius 2 is 1.68 bits per heavy atom. The van der Waals surface area contributed by atoms with Gasteiger partial charge in [-0.2, -0.15) is 5.10 Å². The molecule has 1 aliphatic heterocycles. The fourth-order valence-corrected chi connectivity index (χ4v) is 3.01. The molecule has 3 aromatic rings. The minimum atomic E-state index is -0.375. The second kappa shape index (κ2) is 8.53. The van der Waals surface area contributed by atoms with Gasteiger partial charge in [0.05, 0.1) is 10.3 Å². The smallest absolute Gasteiger partial charge is 0.290 e. The lowest BCUT2D eigenvalue weighted by Gasteiger charge is -2.09. The van der Waals surface area contributed by atoms with Gasteiger partial charge in [0, 0.05) is 12.4 Å². The van der Waals surface area contributed by atoms with E-state index in [9.17, 15) is 14.4 Å². The van der Waals surface area contributed by atoms with E-state index < -0.39 is 0 Å². The standard InChI is InChI=1S/C16H14N2O2.C4H3NO2S/c1-18-16(19)14-10-6-5-9-13(14)15(17-18)11-20-12-7-3-2-4-8-12;1-2-3(6)5-4(7)8-2/h2-10H,11H2,1H3;1H2,(H,5,6,7). The number of nitrogens with zero attached hydrogens (tertiary/aromatic N) is 2. The lowest BCUT2D eigenvalue weighted by molar-refractivity contribution is -0.115. The number of thioether (sulfide) groups is 1. The molecular formula is C20H17N3O4S. The Hall–Kier alpha value is -3.39. The van der Waals surface area contributed by atoms with Gasteiger partial charge in [0.15, 0.2) is 0 Å². The zero-order valence-electron chi connectivity index (χ0n) is 15.0. The minimum Gasteiger partial charge on any atom is -0.487 e. The highest BCUT2D eigenvalue weighted by Crippen LogP contribution is 2.20. The maximum absolute atomic E-state index is 12.0. The third kappa shape index (κ3) is 4.47. The molecule has 2 aromatic carbocycles. The van der Waals surface area contributed by atoms with Gasteiger partial charge >= 0.3 is 0 Å². The Morgan fingerprint density at radius 1 is 1.04 bits per heavy atom. The second-order valence-corrected chi connectivity index (χ2v) is 6.86. The van der Waals surface area contributed by atoms with Crippen molar-refractivity contribution in [3.63, 3.8) is 0 Å². The normalized spacial score (nSPS) is 13.1. The second-order valence-electron chi connectivity index (χ2n) is 5.79. The van der Waals surface area contributed by atoms with E-state index >= 15 is 0 Å². The molecule has 0 aliphatic carbocycles. The Balaban J connectivity index is 0.000000236. The number of fused-ring (bicyclic) bond motifs is 1. The van der Waals surface area contributed by atoms with Crippen molar-refractivity contribution in [3.05, 3.63) is 82.1 Å². The number of ether oxygens (including phenoxy) is 1. The molecule has 1 aromatic heterocycles. The van der Waals surface area contributed by atoms with E-state index in [0.29, 0.717) is 12.0 Å². The fraction of sp³-hybridized carbons (Fsp3) is 0.100. The summed E-state index contributed by atoms with van der Waals surface area (Å²) < 4.78 is 7.07. The quantitative estimate of drug-likeness (QED) is 0.686. The zero-order valence-corrected chi connectivity index (χ0v) is 15.9. The fourth-order valence-electron chi connectivity index (χ4n) is 2.50. The SMILES string of the molecule is C=C1SC(=O)NC1=O.Cn1nc(COc2ccccc2)c2ccccc2c1=O. The summed E-state index contributed by atoms with van der Waals surface area (Å²) in [5.41, 5.74) is 0.663. The van der Waals surface area contributed by atoms with Crippen LogP contribution in [0.25, 0.3) is 10.8 Å². The molecule has 0 saturated carbocycles. The summed E-state index contributed by atoms with van der Waals surface area (Å²) in [4.78, 5) is 32.9. The molecule has 1 aliphatic rings. The maximum Gasteiger partial charge on any atom is 0.290 e. The van der Waals surface area contributed by atoms with Crippen molar-refractivity contribution in [2.75, 3.05) is 0 Å². The number of aromatic nitrogens is 2. The van der Waals surface area contributed by atoms with Crippen LogP contribution in [0.4, 0.5) is 4.79 Å². The summed E-state index contributed by atoms with van der Waals surface area (Å²) in [5, 5.41) is 7.52. The van der Waals surface area contributed by atoms with E-state index in [-0.39, 0.29) is 21.6 Å². The van der Waals surface area contributed by atoms with Gasteiger partial charge < -0.3 is 4.74 Å². The van der Waals surface area contributed by atoms with E-state index in [1.54, 1.807) is 7.05 Å². The highest BCUT2D eigenvalue weighted by atomic mass is 32.2. The first-order valence-corrected chi connectivity index (χ1v) is 9.12. The average Bonchev–Trinajstić information content (AvgIpc) is 3.00. The monoisotopic (exact) mass is 395 g/mol. The van der Waals surface area contributed by atoms with Crippen LogP contribution >= 0.6 is 11.8 Å². The number of hydrogen-bond donors (Lipinski definition) is 1. The summed E-state index contributed by atoms with van der Waals surface area (Å²) >= 11 is 0.834. The minimum absolute atomic E-state index is 0.0935. The molecule has 1 N–H and O–H groups in total. The predicted molar refractivity (Wildman–Crippen MR) is 108 cm³/mol. The van der Waals surface area contributed by atoms with Crippen molar-refractivity contribution in [3.8, 4) is 5.75 Å². The number of carbonyl (C=O) groups is 2. The molecule has 0 spiro atoms. The molecule has 8 heteroatoms. The van der Waals surface area contributed by atoms with Gasteiger partial charge in [-0.15, -0.1) is 0 Å². The van der Waals surface area contributed by atoms with Crippen molar-refractivity contribution >= 4 is 33.7 Å². The van der Waals surface area contributed by atoms with Crippen molar-refractivity contribution in [1.29, 1.82) is 0 Å². The Bertz CT molecular complexity index is 1090. The summed E-state index contributed by atoms with van der Waals surface area (Å²) in [5.74, 6) is 0.409. The molecule has 4 rings (SSSR count). The molecule has 0 atom stereocenters. The number of rotatable bonds is 3. The van der Waals surface area contributed by atoms with E-state index in [0.717, 1.165) is 28.6 Å². The van der Waals surface area contributed by atoms with Crippen LogP contribution in [0.2, 0.25) is 0 Å². The average molecular weight is 395 g/mol. The Morgan fingerprint density at radius 3 is 2.25 bits per heavy atom. The van der Waals surface area contributed by atoms with E-state index in [4.69, 9.17) is 4.74 Å². The molecule has 1 saturated heterocycles. The van der Waals surface area contributed by atoms with Gasteiger partial charge in [0.1, 0.15) is 18.1 Å². The van der Waals surface area contributed by atoms with E-state index in [1.807, 2.05) is 54.6 Å². The van der Waals surface area contributed by atoms with Crippen LogP contribution in [0, 0.1) is 0 Å². The Labute approximate surface area is 165 Å². The molecule has 28 heavy (non-hydrogen) atoms. The molecule has 7 nitrogen and oxygen atoms in total. The molecule has 2 amide bonds. The number of carbonyl (C=O) groups excluding carboxylic acids is 2. The first-order valence-electron chi connectivity index (χ1n) is 8.30. The predicted octanol–water partition coefficient (Wildman–Crippen LogP) is 3.00. The highest BCUT2D eigenvalue weighted by Gasteiger charge is 2.22. The topological polar surface area (TPSA) is 90.3 Å². The van der Waals surface area contributed by atoms with Crippen LogP contribution in [0.5, 0.6) is 5.75 Å². The number of para-hydroxylation sites is 1. The third-order valence-corrected chi connectivity index (χ3v) is 4.56. The van der Waals surface area contributed by atoms with Gasteiger partial charge in [0.25, 0.3) is 16.7 Å². The van der Waals surface area contributed by atoms with Gasteiger partial charge in [-0.1, -0.05) is 43.0 Å². The van der Waals surface area contributed by atoms with E-state index in [2.05, 4.69) is 17.0 Å². The van der Waals surface area contributed by atoms with Crippen LogP contribution in [-0.4, -0.2) is 20.9 Å². The number of imide groups is 1.